The van der Waals surface area contributed by atoms with Gasteiger partial charge in [0.05, 0.1) is 12.6 Å². The van der Waals surface area contributed by atoms with Crippen molar-refractivity contribution >= 4 is 11.6 Å². The molecular weight excluding hydrogens is 216 g/mol. The molecule has 0 aliphatic rings. The summed E-state index contributed by atoms with van der Waals surface area (Å²) in [6.45, 7) is 6.30. The summed E-state index contributed by atoms with van der Waals surface area (Å²) >= 11 is 0. The lowest BCUT2D eigenvalue weighted by atomic mass is 10.0. The number of aromatic nitrogens is 2. The highest BCUT2D eigenvalue weighted by Gasteiger charge is 2.15. The molecule has 1 rings (SSSR count). The van der Waals surface area contributed by atoms with E-state index < -0.39 is 0 Å². The van der Waals surface area contributed by atoms with Crippen LogP contribution in [0.4, 0.5) is 11.6 Å². The normalized spacial score (nSPS) is 12.6. The molecule has 1 aromatic rings. The van der Waals surface area contributed by atoms with Crippen LogP contribution in [0.25, 0.3) is 0 Å². The van der Waals surface area contributed by atoms with E-state index in [9.17, 15) is 5.11 Å². The molecule has 1 heterocycles. The minimum atomic E-state index is 0.0138. The van der Waals surface area contributed by atoms with Crippen LogP contribution in [0.3, 0.4) is 0 Å². The number of rotatable bonds is 6. The molecule has 1 atom stereocenters. The van der Waals surface area contributed by atoms with Crippen LogP contribution in [0.5, 0.6) is 0 Å². The van der Waals surface area contributed by atoms with Crippen LogP contribution in [-0.2, 0) is 6.42 Å². The van der Waals surface area contributed by atoms with Gasteiger partial charge in [-0.05, 0) is 12.3 Å². The second-order valence-corrected chi connectivity index (χ2v) is 4.33. The molecule has 0 amide bonds. The van der Waals surface area contributed by atoms with Gasteiger partial charge in [-0.2, -0.15) is 0 Å². The maximum atomic E-state index is 9.33. The van der Waals surface area contributed by atoms with Crippen LogP contribution >= 0.6 is 0 Å². The smallest absolute Gasteiger partial charge is 0.135 e. The average molecular weight is 238 g/mol. The maximum Gasteiger partial charge on any atom is 0.135 e. The van der Waals surface area contributed by atoms with E-state index >= 15 is 0 Å². The highest BCUT2D eigenvalue weighted by Crippen LogP contribution is 2.21. The van der Waals surface area contributed by atoms with Gasteiger partial charge in [-0.15, -0.1) is 0 Å². The van der Waals surface area contributed by atoms with E-state index in [-0.39, 0.29) is 12.6 Å². The van der Waals surface area contributed by atoms with Crippen LogP contribution in [0.2, 0.25) is 0 Å². The molecule has 17 heavy (non-hydrogen) atoms. The topological polar surface area (TPSA) is 70.1 Å². The Morgan fingerprint density at radius 1 is 1.29 bits per heavy atom. The van der Waals surface area contributed by atoms with Crippen LogP contribution in [0.1, 0.15) is 26.3 Å². The maximum absolute atomic E-state index is 9.33. The molecule has 0 radical (unpaired) electrons. The summed E-state index contributed by atoms with van der Waals surface area (Å²) in [5.74, 6) is 1.99. The van der Waals surface area contributed by atoms with Crippen molar-refractivity contribution in [3.63, 3.8) is 0 Å². The van der Waals surface area contributed by atoms with Crippen molar-refractivity contribution < 1.29 is 5.11 Å². The number of aliphatic hydroxyl groups is 1. The summed E-state index contributed by atoms with van der Waals surface area (Å²) in [7, 11) is 1.84. The van der Waals surface area contributed by atoms with Crippen molar-refractivity contribution in [1.29, 1.82) is 0 Å². The van der Waals surface area contributed by atoms with E-state index in [0.717, 1.165) is 23.6 Å². The second-order valence-electron chi connectivity index (χ2n) is 4.33. The Morgan fingerprint density at radius 2 is 1.94 bits per heavy atom. The van der Waals surface area contributed by atoms with Gasteiger partial charge in [-0.3, -0.25) is 0 Å². The largest absolute Gasteiger partial charge is 0.394 e. The number of aliphatic hydroxyl groups excluding tert-OH is 1. The molecular formula is C12H22N4O. The number of nitrogens with zero attached hydrogens (tertiary/aromatic N) is 2. The molecule has 0 aliphatic carbocycles. The van der Waals surface area contributed by atoms with Crippen molar-refractivity contribution in [2.75, 3.05) is 24.3 Å². The zero-order valence-electron chi connectivity index (χ0n) is 11.0. The van der Waals surface area contributed by atoms with E-state index in [1.54, 1.807) is 0 Å². The van der Waals surface area contributed by atoms with Crippen molar-refractivity contribution in [3.8, 4) is 0 Å². The van der Waals surface area contributed by atoms with Crippen LogP contribution < -0.4 is 10.6 Å². The van der Waals surface area contributed by atoms with Gasteiger partial charge in [-0.25, -0.2) is 9.97 Å². The molecule has 0 spiro atoms. The van der Waals surface area contributed by atoms with Gasteiger partial charge in [-0.1, -0.05) is 20.8 Å². The molecule has 1 unspecified atom stereocenters. The monoisotopic (exact) mass is 238 g/mol. The fourth-order valence-electron chi connectivity index (χ4n) is 1.69. The van der Waals surface area contributed by atoms with Gasteiger partial charge < -0.3 is 15.7 Å². The molecule has 0 fully saturated rings. The van der Waals surface area contributed by atoms with Crippen molar-refractivity contribution in [3.05, 3.63) is 11.9 Å². The average Bonchev–Trinajstić information content (AvgIpc) is 2.34. The van der Waals surface area contributed by atoms with Gasteiger partial charge >= 0.3 is 0 Å². The summed E-state index contributed by atoms with van der Waals surface area (Å²) in [4.78, 5) is 8.44. The number of anilines is 2. The van der Waals surface area contributed by atoms with Crippen LogP contribution in [-0.4, -0.2) is 34.8 Å². The molecule has 96 valence electrons. The highest BCUT2D eigenvalue weighted by molar-refractivity contribution is 5.57. The molecule has 0 aromatic carbocycles. The zero-order chi connectivity index (χ0) is 12.8. The van der Waals surface area contributed by atoms with Crippen molar-refractivity contribution in [1.82, 2.24) is 9.97 Å². The van der Waals surface area contributed by atoms with E-state index in [0.29, 0.717) is 5.92 Å². The third-order valence-corrected chi connectivity index (χ3v) is 2.86. The van der Waals surface area contributed by atoms with Gasteiger partial charge in [0.15, 0.2) is 0 Å². The van der Waals surface area contributed by atoms with Crippen molar-refractivity contribution in [2.45, 2.75) is 33.2 Å². The lowest BCUT2D eigenvalue weighted by molar-refractivity contribution is 0.249. The first-order chi connectivity index (χ1) is 8.13. The summed E-state index contributed by atoms with van der Waals surface area (Å²) < 4.78 is 0. The second kappa shape index (κ2) is 6.39. The van der Waals surface area contributed by atoms with Gasteiger partial charge in [0, 0.05) is 12.6 Å². The minimum absolute atomic E-state index is 0.0138. The third kappa shape index (κ3) is 3.30. The Balaban J connectivity index is 2.97. The predicted molar refractivity (Wildman–Crippen MR) is 70.3 cm³/mol. The molecule has 0 bridgehead atoms. The lowest BCUT2D eigenvalue weighted by Gasteiger charge is -2.22. The van der Waals surface area contributed by atoms with Gasteiger partial charge in [0.2, 0.25) is 0 Å². The number of hydrogen-bond donors (Lipinski definition) is 3. The Labute approximate surface area is 103 Å². The van der Waals surface area contributed by atoms with E-state index in [2.05, 4.69) is 41.4 Å². The summed E-state index contributed by atoms with van der Waals surface area (Å²) in [6.07, 6.45) is 2.37. The first-order valence-corrected chi connectivity index (χ1v) is 6.03. The quantitative estimate of drug-likeness (QED) is 0.701. The minimum Gasteiger partial charge on any atom is -0.394 e. The summed E-state index contributed by atoms with van der Waals surface area (Å²) in [5, 5.41) is 15.7. The molecule has 0 saturated heterocycles. The summed E-state index contributed by atoms with van der Waals surface area (Å²) in [6, 6.07) is 0.0138. The molecule has 5 nitrogen and oxygen atoms in total. The summed E-state index contributed by atoms with van der Waals surface area (Å²) in [5.41, 5.74) is 1.05. The molecule has 5 heteroatoms. The molecule has 1 aromatic heterocycles. The Hall–Kier alpha value is -1.36. The SMILES string of the molecule is CCc1c(NC)ncnc1NC(CO)C(C)C. The molecule has 0 aliphatic heterocycles. The van der Waals surface area contributed by atoms with Crippen LogP contribution in [0, 0.1) is 5.92 Å². The first-order valence-electron chi connectivity index (χ1n) is 6.03. The number of hydrogen-bond acceptors (Lipinski definition) is 5. The fourth-order valence-corrected chi connectivity index (χ4v) is 1.69. The Bertz CT molecular complexity index is 354. The predicted octanol–water partition coefficient (Wildman–Crippen LogP) is 1.51. The zero-order valence-corrected chi connectivity index (χ0v) is 11.0. The Kier molecular flexibility index (Phi) is 5.15. The molecule has 3 N–H and O–H groups in total. The highest BCUT2D eigenvalue weighted by atomic mass is 16.3. The fraction of sp³-hybridized carbons (Fsp3) is 0.667. The van der Waals surface area contributed by atoms with Gasteiger partial charge in [0.25, 0.3) is 0 Å². The van der Waals surface area contributed by atoms with Crippen molar-refractivity contribution in [2.24, 2.45) is 5.92 Å². The third-order valence-electron chi connectivity index (χ3n) is 2.86. The van der Waals surface area contributed by atoms with E-state index in [1.165, 1.54) is 6.33 Å². The lowest BCUT2D eigenvalue weighted by Crippen LogP contribution is -2.30. The van der Waals surface area contributed by atoms with Gasteiger partial charge in [0.1, 0.15) is 18.0 Å². The molecule has 0 saturated carbocycles. The van der Waals surface area contributed by atoms with E-state index in [4.69, 9.17) is 0 Å². The van der Waals surface area contributed by atoms with E-state index in [1.807, 2.05) is 7.05 Å². The van der Waals surface area contributed by atoms with Crippen LogP contribution in [0.15, 0.2) is 6.33 Å². The standard InChI is InChI=1S/C12H22N4O/c1-5-9-11(13-4)14-7-15-12(9)16-10(6-17)8(2)3/h7-8,10,17H,5-6H2,1-4H3,(H2,13,14,15,16). The Morgan fingerprint density at radius 3 is 2.41 bits per heavy atom. The number of nitrogens with one attached hydrogen (secondary N) is 2. The first kappa shape index (κ1) is 13.7.